The molecule has 0 aromatic heterocycles. The van der Waals surface area contributed by atoms with Crippen LogP contribution in [0.3, 0.4) is 0 Å². The van der Waals surface area contributed by atoms with Gasteiger partial charge in [-0.1, -0.05) is 0 Å². The zero-order valence-corrected chi connectivity index (χ0v) is 9.64. The van der Waals surface area contributed by atoms with E-state index in [4.69, 9.17) is 14.6 Å². The molecule has 1 heterocycles. The fraction of sp³-hybridized carbons (Fsp3) is 0.333. The van der Waals surface area contributed by atoms with Crippen molar-refractivity contribution < 1.29 is 19.4 Å². The molecule has 1 aromatic rings. The lowest BCUT2D eigenvalue weighted by molar-refractivity contribution is -0.142. The van der Waals surface area contributed by atoms with Crippen LogP contribution in [0.2, 0.25) is 0 Å². The zero-order valence-electron chi connectivity index (χ0n) is 9.64. The number of aliphatic imine (C=N–C) groups is 1. The van der Waals surface area contributed by atoms with Crippen LogP contribution in [0.5, 0.6) is 5.75 Å². The van der Waals surface area contributed by atoms with Crippen LogP contribution in [0.15, 0.2) is 29.3 Å². The summed E-state index contributed by atoms with van der Waals surface area (Å²) in [5, 5.41) is 9.01. The van der Waals surface area contributed by atoms with Crippen molar-refractivity contribution in [3.63, 3.8) is 0 Å². The summed E-state index contributed by atoms with van der Waals surface area (Å²) in [7, 11) is 1.58. The highest BCUT2D eigenvalue weighted by molar-refractivity contribution is 5.98. The van der Waals surface area contributed by atoms with Crippen molar-refractivity contribution in [2.75, 3.05) is 13.7 Å². The fourth-order valence-corrected chi connectivity index (χ4v) is 1.49. The van der Waals surface area contributed by atoms with Gasteiger partial charge in [0, 0.05) is 5.56 Å². The molecule has 0 bridgehead atoms. The van der Waals surface area contributed by atoms with E-state index in [1.165, 1.54) is 6.92 Å². The van der Waals surface area contributed by atoms with Gasteiger partial charge >= 0.3 is 5.97 Å². The molecule has 1 aliphatic rings. The van der Waals surface area contributed by atoms with Gasteiger partial charge in [0.1, 0.15) is 12.4 Å². The minimum atomic E-state index is -1.19. The Labute approximate surface area is 98.7 Å². The molecule has 2 rings (SSSR count). The van der Waals surface area contributed by atoms with Gasteiger partial charge in [0.05, 0.1) is 7.11 Å². The summed E-state index contributed by atoms with van der Waals surface area (Å²) in [6.45, 7) is 1.59. The fourth-order valence-electron chi connectivity index (χ4n) is 1.49. The van der Waals surface area contributed by atoms with Crippen LogP contribution >= 0.6 is 0 Å². The lowest BCUT2D eigenvalue weighted by Crippen LogP contribution is -2.34. The lowest BCUT2D eigenvalue weighted by atomic mass is 10.1. The van der Waals surface area contributed by atoms with E-state index in [1.54, 1.807) is 31.4 Å². The Kier molecular flexibility index (Phi) is 2.75. The van der Waals surface area contributed by atoms with E-state index >= 15 is 0 Å². The Bertz CT molecular complexity index is 466. The van der Waals surface area contributed by atoms with E-state index < -0.39 is 11.5 Å². The summed E-state index contributed by atoms with van der Waals surface area (Å²) < 4.78 is 10.4. The maximum absolute atomic E-state index is 11.0. The molecule has 0 unspecified atom stereocenters. The number of hydrogen-bond acceptors (Lipinski definition) is 4. The highest BCUT2D eigenvalue weighted by atomic mass is 16.5. The van der Waals surface area contributed by atoms with Gasteiger partial charge in [-0.2, -0.15) is 0 Å². The first-order chi connectivity index (χ1) is 8.05. The number of ether oxygens (including phenoxy) is 2. The molecule has 0 aliphatic carbocycles. The van der Waals surface area contributed by atoms with Crippen molar-refractivity contribution in [2.45, 2.75) is 12.5 Å². The Morgan fingerprint density at radius 3 is 2.59 bits per heavy atom. The Hall–Kier alpha value is -2.04. The average Bonchev–Trinajstić information content (AvgIpc) is 2.74. The molecule has 0 saturated carbocycles. The van der Waals surface area contributed by atoms with Crippen LogP contribution < -0.4 is 4.74 Å². The first-order valence-corrected chi connectivity index (χ1v) is 5.16. The predicted octanol–water partition coefficient (Wildman–Crippen LogP) is 1.32. The quantitative estimate of drug-likeness (QED) is 0.857. The second-order valence-electron chi connectivity index (χ2n) is 4.01. The monoisotopic (exact) mass is 235 g/mol. The molecule has 0 spiro atoms. The van der Waals surface area contributed by atoms with Gasteiger partial charge in [0.25, 0.3) is 0 Å². The van der Waals surface area contributed by atoms with Crippen molar-refractivity contribution in [3.05, 3.63) is 29.8 Å². The highest BCUT2D eigenvalue weighted by Crippen LogP contribution is 2.22. The van der Waals surface area contributed by atoms with Gasteiger partial charge in [-0.25, -0.2) is 9.79 Å². The van der Waals surface area contributed by atoms with Crippen molar-refractivity contribution in [3.8, 4) is 5.75 Å². The van der Waals surface area contributed by atoms with Gasteiger partial charge in [-0.05, 0) is 31.2 Å². The molecule has 17 heavy (non-hydrogen) atoms. The molecule has 1 aliphatic heterocycles. The number of carbonyl (C=O) groups is 1. The SMILES string of the molecule is COc1ccc(C2=N[C@](C)(C(=O)O)CO2)cc1. The first kappa shape index (κ1) is 11.4. The zero-order chi connectivity index (χ0) is 12.5. The minimum Gasteiger partial charge on any atom is -0.497 e. The number of methoxy groups -OCH3 is 1. The van der Waals surface area contributed by atoms with Crippen molar-refractivity contribution >= 4 is 11.9 Å². The summed E-state index contributed by atoms with van der Waals surface area (Å²) in [4.78, 5) is 15.1. The summed E-state index contributed by atoms with van der Waals surface area (Å²) in [6, 6.07) is 7.12. The highest BCUT2D eigenvalue weighted by Gasteiger charge is 2.39. The molecular formula is C12H13NO4. The van der Waals surface area contributed by atoms with E-state index in [-0.39, 0.29) is 6.61 Å². The third-order valence-corrected chi connectivity index (χ3v) is 2.64. The molecule has 5 heteroatoms. The van der Waals surface area contributed by atoms with E-state index in [1.807, 2.05) is 0 Å². The smallest absolute Gasteiger partial charge is 0.335 e. The number of rotatable bonds is 3. The second-order valence-corrected chi connectivity index (χ2v) is 4.01. The standard InChI is InChI=1S/C12H13NO4/c1-12(11(14)15)7-17-10(13-12)8-3-5-9(16-2)6-4-8/h3-6H,7H2,1-2H3,(H,14,15)/t12-/m0/s1. The number of carboxylic acids is 1. The van der Waals surface area contributed by atoms with Crippen LogP contribution in [0, 0.1) is 0 Å². The molecular weight excluding hydrogens is 222 g/mol. The molecule has 0 fully saturated rings. The molecule has 0 radical (unpaired) electrons. The normalized spacial score (nSPS) is 22.8. The van der Waals surface area contributed by atoms with E-state index in [2.05, 4.69) is 4.99 Å². The molecule has 0 saturated heterocycles. The number of carboxylic acid groups (broad SMARTS) is 1. The third kappa shape index (κ3) is 2.08. The number of nitrogens with zero attached hydrogens (tertiary/aromatic N) is 1. The van der Waals surface area contributed by atoms with Crippen molar-refractivity contribution in [1.29, 1.82) is 0 Å². The van der Waals surface area contributed by atoms with Crippen molar-refractivity contribution in [2.24, 2.45) is 4.99 Å². The van der Waals surface area contributed by atoms with Gasteiger partial charge < -0.3 is 14.6 Å². The number of hydrogen-bond donors (Lipinski definition) is 1. The van der Waals surface area contributed by atoms with Crippen LogP contribution in [0.4, 0.5) is 0 Å². The number of aliphatic carboxylic acids is 1. The van der Waals surface area contributed by atoms with Gasteiger partial charge in [0.15, 0.2) is 5.54 Å². The van der Waals surface area contributed by atoms with Crippen LogP contribution in [0.25, 0.3) is 0 Å². The van der Waals surface area contributed by atoms with E-state index in [0.717, 1.165) is 11.3 Å². The maximum Gasteiger partial charge on any atom is 0.335 e. The molecule has 1 aromatic carbocycles. The Balaban J connectivity index is 2.27. The average molecular weight is 235 g/mol. The van der Waals surface area contributed by atoms with E-state index in [9.17, 15) is 4.79 Å². The summed E-state index contributed by atoms with van der Waals surface area (Å²) >= 11 is 0. The van der Waals surface area contributed by atoms with Crippen LogP contribution in [0.1, 0.15) is 12.5 Å². The Morgan fingerprint density at radius 2 is 2.12 bits per heavy atom. The van der Waals surface area contributed by atoms with E-state index in [0.29, 0.717) is 5.90 Å². The largest absolute Gasteiger partial charge is 0.497 e. The van der Waals surface area contributed by atoms with Gasteiger partial charge in [-0.3, -0.25) is 0 Å². The van der Waals surface area contributed by atoms with Crippen LogP contribution in [-0.4, -0.2) is 36.2 Å². The number of benzene rings is 1. The van der Waals surface area contributed by atoms with Gasteiger partial charge in [-0.15, -0.1) is 0 Å². The summed E-state index contributed by atoms with van der Waals surface area (Å²) in [6.07, 6.45) is 0. The maximum atomic E-state index is 11.0. The Morgan fingerprint density at radius 1 is 1.47 bits per heavy atom. The summed E-state index contributed by atoms with van der Waals surface area (Å²) in [5.41, 5.74) is -0.439. The molecule has 90 valence electrons. The van der Waals surface area contributed by atoms with Crippen LogP contribution in [-0.2, 0) is 9.53 Å². The lowest BCUT2D eigenvalue weighted by Gasteiger charge is -2.10. The molecule has 1 atom stereocenters. The van der Waals surface area contributed by atoms with Crippen molar-refractivity contribution in [1.82, 2.24) is 0 Å². The topological polar surface area (TPSA) is 68.1 Å². The predicted molar refractivity (Wildman–Crippen MR) is 61.5 cm³/mol. The molecule has 1 N–H and O–H groups in total. The third-order valence-electron chi connectivity index (χ3n) is 2.64. The summed E-state index contributed by atoms with van der Waals surface area (Å²) in [5.74, 6) is 0.104. The first-order valence-electron chi connectivity index (χ1n) is 5.16. The minimum absolute atomic E-state index is 0.0592. The van der Waals surface area contributed by atoms with Gasteiger partial charge in [0.2, 0.25) is 5.90 Å². The molecule has 5 nitrogen and oxygen atoms in total. The molecule has 0 amide bonds. The second kappa shape index (κ2) is 4.08.